The van der Waals surface area contributed by atoms with Crippen LogP contribution in [0.4, 0.5) is 18.3 Å². The lowest BCUT2D eigenvalue weighted by atomic mass is 10.3. The van der Waals surface area contributed by atoms with Crippen molar-refractivity contribution in [3.05, 3.63) is 10.6 Å². The maximum Gasteiger partial charge on any atom is 0.401 e. The van der Waals surface area contributed by atoms with E-state index < -0.39 is 12.7 Å². The summed E-state index contributed by atoms with van der Waals surface area (Å²) >= 11 is 1.55. The highest BCUT2D eigenvalue weighted by Gasteiger charge is 2.32. The third-order valence-corrected chi connectivity index (χ3v) is 4.51. The summed E-state index contributed by atoms with van der Waals surface area (Å²) in [6, 6.07) is 0. The summed E-state index contributed by atoms with van der Waals surface area (Å²) in [5.41, 5.74) is 6.68. The zero-order valence-corrected chi connectivity index (χ0v) is 12.2. The van der Waals surface area contributed by atoms with Gasteiger partial charge in [0.25, 0.3) is 0 Å². The molecule has 2 rings (SSSR count). The summed E-state index contributed by atoms with van der Waals surface area (Å²) in [4.78, 5) is 9.11. The first kappa shape index (κ1) is 15.5. The molecule has 1 saturated heterocycles. The predicted octanol–water partition coefficient (Wildman–Crippen LogP) is 1.85. The van der Waals surface area contributed by atoms with Crippen molar-refractivity contribution < 1.29 is 13.2 Å². The number of hydrogen-bond acceptors (Lipinski definition) is 5. The molecule has 0 aromatic carbocycles. The third kappa shape index (κ3) is 3.83. The topological polar surface area (TPSA) is 45.4 Å². The van der Waals surface area contributed by atoms with Crippen LogP contribution in [0.25, 0.3) is 0 Å². The largest absolute Gasteiger partial charge is 0.401 e. The van der Waals surface area contributed by atoms with Gasteiger partial charge in [0, 0.05) is 37.6 Å². The van der Waals surface area contributed by atoms with Crippen molar-refractivity contribution in [2.75, 3.05) is 37.6 Å². The first-order chi connectivity index (χ1) is 9.43. The molecule has 2 heterocycles. The van der Waals surface area contributed by atoms with Gasteiger partial charge in [0.2, 0.25) is 0 Å². The van der Waals surface area contributed by atoms with E-state index in [0.29, 0.717) is 32.7 Å². The van der Waals surface area contributed by atoms with Crippen LogP contribution in [-0.2, 0) is 13.0 Å². The monoisotopic (exact) mass is 308 g/mol. The lowest BCUT2D eigenvalue weighted by Crippen LogP contribution is -2.49. The number of aromatic nitrogens is 1. The lowest BCUT2D eigenvalue weighted by molar-refractivity contribution is -0.146. The molecule has 0 aliphatic carbocycles. The van der Waals surface area contributed by atoms with Gasteiger partial charge in [0.05, 0.1) is 12.2 Å². The fraction of sp³-hybridized carbons (Fsp3) is 0.750. The normalized spacial score (nSPS) is 17.8. The van der Waals surface area contributed by atoms with Crippen LogP contribution in [0.3, 0.4) is 0 Å². The van der Waals surface area contributed by atoms with Gasteiger partial charge in [-0.15, -0.1) is 11.3 Å². The van der Waals surface area contributed by atoms with Gasteiger partial charge in [-0.2, -0.15) is 13.2 Å². The molecule has 1 aromatic rings. The second-order valence-corrected chi connectivity index (χ2v) is 5.86. The summed E-state index contributed by atoms with van der Waals surface area (Å²) in [6.45, 7) is 3.66. The maximum absolute atomic E-state index is 12.3. The predicted molar refractivity (Wildman–Crippen MR) is 74.1 cm³/mol. The number of aryl methyl sites for hydroxylation is 1. The SMILES string of the molecule is CCc1nc(N2CCN(CC(F)(F)F)CC2)sc1CN. The molecule has 0 saturated carbocycles. The molecular weight excluding hydrogens is 289 g/mol. The Morgan fingerprint density at radius 3 is 2.35 bits per heavy atom. The molecule has 0 atom stereocenters. The lowest BCUT2D eigenvalue weighted by Gasteiger charge is -2.34. The van der Waals surface area contributed by atoms with Crippen LogP contribution >= 0.6 is 11.3 Å². The molecule has 8 heteroatoms. The Morgan fingerprint density at radius 2 is 1.90 bits per heavy atom. The van der Waals surface area contributed by atoms with Gasteiger partial charge < -0.3 is 10.6 Å². The van der Waals surface area contributed by atoms with Gasteiger partial charge in [0.15, 0.2) is 5.13 Å². The Morgan fingerprint density at radius 1 is 1.25 bits per heavy atom. The molecule has 1 aromatic heterocycles. The van der Waals surface area contributed by atoms with Crippen molar-refractivity contribution in [1.82, 2.24) is 9.88 Å². The van der Waals surface area contributed by atoms with Crippen molar-refractivity contribution in [3.63, 3.8) is 0 Å². The molecule has 20 heavy (non-hydrogen) atoms. The molecule has 1 aliphatic rings. The average Bonchev–Trinajstić information content (AvgIpc) is 2.81. The first-order valence-electron chi connectivity index (χ1n) is 6.65. The summed E-state index contributed by atoms with van der Waals surface area (Å²) in [6.07, 6.45) is -3.29. The quantitative estimate of drug-likeness (QED) is 0.922. The Labute approximate surface area is 120 Å². The number of nitrogens with two attached hydrogens (primary N) is 1. The summed E-state index contributed by atoms with van der Waals surface area (Å²) in [7, 11) is 0. The summed E-state index contributed by atoms with van der Waals surface area (Å²) < 4.78 is 37.0. The van der Waals surface area contributed by atoms with Crippen LogP contribution in [0.2, 0.25) is 0 Å². The minimum atomic E-state index is -4.12. The first-order valence-corrected chi connectivity index (χ1v) is 7.47. The molecule has 0 amide bonds. The van der Waals surface area contributed by atoms with Gasteiger partial charge in [-0.05, 0) is 6.42 Å². The van der Waals surface area contributed by atoms with E-state index in [9.17, 15) is 13.2 Å². The fourth-order valence-corrected chi connectivity index (χ4v) is 3.37. The van der Waals surface area contributed by atoms with E-state index in [0.717, 1.165) is 22.1 Å². The zero-order chi connectivity index (χ0) is 14.8. The van der Waals surface area contributed by atoms with Gasteiger partial charge >= 0.3 is 6.18 Å². The maximum atomic E-state index is 12.3. The highest BCUT2D eigenvalue weighted by molar-refractivity contribution is 7.15. The number of nitrogens with zero attached hydrogens (tertiary/aromatic N) is 3. The van der Waals surface area contributed by atoms with E-state index in [-0.39, 0.29) is 0 Å². The molecule has 114 valence electrons. The smallest absolute Gasteiger partial charge is 0.346 e. The molecule has 1 fully saturated rings. The van der Waals surface area contributed by atoms with E-state index in [1.807, 2.05) is 6.92 Å². The minimum absolute atomic E-state index is 0.415. The van der Waals surface area contributed by atoms with Gasteiger partial charge in [-0.1, -0.05) is 6.92 Å². The van der Waals surface area contributed by atoms with Crippen molar-refractivity contribution >= 4 is 16.5 Å². The molecular formula is C12H19F3N4S. The highest BCUT2D eigenvalue weighted by Crippen LogP contribution is 2.27. The molecule has 2 N–H and O–H groups in total. The number of alkyl halides is 3. The van der Waals surface area contributed by atoms with E-state index in [1.54, 1.807) is 11.3 Å². The standard InChI is InChI=1S/C12H19F3N4S/c1-2-9-10(7-16)20-11(17-9)19-5-3-18(4-6-19)8-12(13,14)15/h2-8,16H2,1H3. The molecule has 4 nitrogen and oxygen atoms in total. The Bertz CT molecular complexity index is 417. The van der Waals surface area contributed by atoms with Crippen molar-refractivity contribution in [1.29, 1.82) is 0 Å². The Balaban J connectivity index is 1.95. The van der Waals surface area contributed by atoms with Gasteiger partial charge in [0.1, 0.15) is 0 Å². The second kappa shape index (κ2) is 6.28. The highest BCUT2D eigenvalue weighted by atomic mass is 32.1. The average molecular weight is 308 g/mol. The van der Waals surface area contributed by atoms with Crippen molar-refractivity contribution in [2.45, 2.75) is 26.1 Å². The third-order valence-electron chi connectivity index (χ3n) is 3.33. The number of rotatable bonds is 4. The van der Waals surface area contributed by atoms with Crippen molar-refractivity contribution in [3.8, 4) is 0 Å². The minimum Gasteiger partial charge on any atom is -0.346 e. The van der Waals surface area contributed by atoms with Gasteiger partial charge in [-0.3, -0.25) is 4.90 Å². The Kier molecular flexibility index (Phi) is 4.87. The van der Waals surface area contributed by atoms with Crippen LogP contribution in [0.1, 0.15) is 17.5 Å². The van der Waals surface area contributed by atoms with Crippen LogP contribution in [0, 0.1) is 0 Å². The van der Waals surface area contributed by atoms with Crippen molar-refractivity contribution in [2.24, 2.45) is 5.73 Å². The van der Waals surface area contributed by atoms with Crippen LogP contribution in [-0.4, -0.2) is 48.8 Å². The molecule has 1 aliphatic heterocycles. The molecule has 0 spiro atoms. The molecule has 0 radical (unpaired) electrons. The van der Waals surface area contributed by atoms with E-state index in [2.05, 4.69) is 9.88 Å². The van der Waals surface area contributed by atoms with Crippen LogP contribution < -0.4 is 10.6 Å². The van der Waals surface area contributed by atoms with Gasteiger partial charge in [-0.25, -0.2) is 4.98 Å². The number of thiazole rings is 1. The number of halogens is 3. The summed E-state index contributed by atoms with van der Waals surface area (Å²) in [5, 5.41) is 0.883. The molecule has 0 unspecified atom stereocenters. The van der Waals surface area contributed by atoms with E-state index >= 15 is 0 Å². The van der Waals surface area contributed by atoms with Crippen LogP contribution in [0.5, 0.6) is 0 Å². The summed E-state index contributed by atoms with van der Waals surface area (Å²) in [5.74, 6) is 0. The number of anilines is 1. The van der Waals surface area contributed by atoms with Crippen LogP contribution in [0.15, 0.2) is 0 Å². The number of piperazine rings is 1. The second-order valence-electron chi connectivity index (χ2n) is 4.80. The van der Waals surface area contributed by atoms with E-state index in [4.69, 9.17) is 5.73 Å². The van der Waals surface area contributed by atoms with E-state index in [1.165, 1.54) is 4.90 Å². The Hall–Kier alpha value is -0.860. The number of hydrogen-bond donors (Lipinski definition) is 1. The molecule has 0 bridgehead atoms. The fourth-order valence-electron chi connectivity index (χ4n) is 2.29. The zero-order valence-electron chi connectivity index (χ0n) is 11.4.